The molecule has 1 saturated carbocycles. The lowest BCUT2D eigenvalue weighted by Crippen LogP contribution is -2.56. The molecule has 2 aliphatic rings. The van der Waals surface area contributed by atoms with Gasteiger partial charge >= 0.3 is 12.4 Å². The molecule has 2 aromatic heterocycles. The quantitative estimate of drug-likeness (QED) is 0.463. The molecular weight excluding hydrogens is 555 g/mol. The number of nitrogens with zero attached hydrogens (tertiary/aromatic N) is 3. The summed E-state index contributed by atoms with van der Waals surface area (Å²) in [6.07, 6.45) is -11.4. The Hall–Kier alpha value is -3.43. The second-order valence-corrected chi connectivity index (χ2v) is 9.96. The van der Waals surface area contributed by atoms with Crippen LogP contribution in [0.2, 0.25) is 0 Å². The van der Waals surface area contributed by atoms with E-state index in [0.29, 0.717) is 4.90 Å². The lowest BCUT2D eigenvalue weighted by Gasteiger charge is -2.40. The van der Waals surface area contributed by atoms with Crippen molar-refractivity contribution in [2.24, 2.45) is 5.92 Å². The monoisotopic (exact) mass is 581 g/mol. The first-order chi connectivity index (χ1) is 18.6. The second kappa shape index (κ2) is 10.9. The van der Waals surface area contributed by atoms with Crippen molar-refractivity contribution in [3.8, 4) is 17.1 Å². The van der Waals surface area contributed by atoms with Crippen molar-refractivity contribution in [2.45, 2.75) is 68.6 Å². The number of likely N-dealkylation sites (tertiary alicyclic amines) is 1. The highest BCUT2D eigenvalue weighted by molar-refractivity contribution is 5.94. The van der Waals surface area contributed by atoms with Gasteiger partial charge < -0.3 is 20.1 Å². The summed E-state index contributed by atoms with van der Waals surface area (Å²) in [5.74, 6) is -3.71. The number of ether oxygens (including phenoxy) is 1. The Bertz CT molecular complexity index is 1240. The van der Waals surface area contributed by atoms with Crippen LogP contribution in [-0.2, 0) is 4.79 Å². The highest BCUT2D eigenvalue weighted by Crippen LogP contribution is 2.42. The van der Waals surface area contributed by atoms with Gasteiger partial charge in [0.2, 0.25) is 11.8 Å². The minimum absolute atomic E-state index is 0.00396. The van der Waals surface area contributed by atoms with Gasteiger partial charge in [0.1, 0.15) is 6.04 Å². The third-order valence-electron chi connectivity index (χ3n) is 7.43. The van der Waals surface area contributed by atoms with Crippen LogP contribution in [0.4, 0.5) is 30.7 Å². The van der Waals surface area contributed by atoms with E-state index in [0.717, 1.165) is 12.3 Å². The van der Waals surface area contributed by atoms with Gasteiger partial charge in [0.05, 0.1) is 19.0 Å². The Morgan fingerprint density at radius 3 is 2.42 bits per heavy atom. The van der Waals surface area contributed by atoms with E-state index >= 15 is 0 Å². The summed E-state index contributed by atoms with van der Waals surface area (Å²) in [6, 6.07) is -0.745. The predicted octanol–water partition coefficient (Wildman–Crippen LogP) is 3.75. The van der Waals surface area contributed by atoms with E-state index < -0.39 is 85.1 Å². The van der Waals surface area contributed by atoms with Gasteiger partial charge in [-0.3, -0.25) is 14.7 Å². The standard InChI is InChI=1S/C24H26F7N5O4/c1-40-19-9-14(15(25)11-32-19)16-10-17(35-34-16)21(38)36-7-4-12(8-18(36)23(26,27)28)20(37)33-13-2-5-22(39,6-3-13)24(29,30)31/h9-13,18,39H,2-8H2,1H3,(H,33,37)(H,34,35)/t12?,13-,18-,22-/m0/s1. The van der Waals surface area contributed by atoms with Crippen LogP contribution in [0.15, 0.2) is 18.3 Å². The van der Waals surface area contributed by atoms with E-state index in [1.807, 2.05) is 0 Å². The van der Waals surface area contributed by atoms with E-state index in [4.69, 9.17) is 4.74 Å². The maximum atomic E-state index is 14.2. The smallest absolute Gasteiger partial charge is 0.417 e. The number of aliphatic hydroxyl groups is 1. The zero-order valence-electron chi connectivity index (χ0n) is 21.1. The molecule has 3 heterocycles. The first-order valence-corrected chi connectivity index (χ1v) is 12.4. The minimum atomic E-state index is -4.90. The molecule has 1 aliphatic heterocycles. The van der Waals surface area contributed by atoms with Crippen LogP contribution in [0.25, 0.3) is 11.3 Å². The van der Waals surface area contributed by atoms with E-state index in [1.165, 1.54) is 13.2 Å². The molecule has 0 bridgehead atoms. The molecule has 1 aliphatic carbocycles. The number of carbonyl (C=O) groups is 2. The Kier molecular flexibility index (Phi) is 8.02. The number of carbonyl (C=O) groups excluding carboxylic acids is 2. The molecule has 2 aromatic rings. The molecule has 0 spiro atoms. The van der Waals surface area contributed by atoms with Gasteiger partial charge in [0, 0.05) is 30.1 Å². The van der Waals surface area contributed by atoms with Crippen LogP contribution >= 0.6 is 0 Å². The lowest BCUT2D eigenvalue weighted by atomic mass is 9.81. The van der Waals surface area contributed by atoms with Crippen molar-refractivity contribution in [3.63, 3.8) is 0 Å². The van der Waals surface area contributed by atoms with Gasteiger partial charge in [-0.1, -0.05) is 0 Å². The highest BCUT2D eigenvalue weighted by Gasteiger charge is 2.55. The summed E-state index contributed by atoms with van der Waals surface area (Å²) < 4.78 is 100. The Balaban J connectivity index is 1.43. The van der Waals surface area contributed by atoms with Crippen LogP contribution < -0.4 is 10.1 Å². The van der Waals surface area contributed by atoms with Crippen LogP contribution in [0.1, 0.15) is 49.0 Å². The summed E-state index contributed by atoms with van der Waals surface area (Å²) in [4.78, 5) is 30.0. The number of aromatic amines is 1. The lowest BCUT2D eigenvalue weighted by molar-refractivity contribution is -0.270. The Labute approximate surface area is 223 Å². The van der Waals surface area contributed by atoms with E-state index in [-0.39, 0.29) is 36.4 Å². The van der Waals surface area contributed by atoms with E-state index in [9.17, 15) is 45.4 Å². The molecule has 16 heteroatoms. The fourth-order valence-corrected chi connectivity index (χ4v) is 5.05. The molecule has 220 valence electrons. The molecule has 0 aromatic carbocycles. The van der Waals surface area contributed by atoms with Crippen molar-refractivity contribution in [1.82, 2.24) is 25.4 Å². The Morgan fingerprint density at radius 1 is 1.15 bits per heavy atom. The SMILES string of the molecule is COc1cc(-c2cc(C(=O)N3CCC(C(=O)N[C@H]4CC[C@@](O)(C(F)(F)F)CC4)C[C@H]3C(F)(F)F)n[nH]2)c(F)cn1. The summed E-state index contributed by atoms with van der Waals surface area (Å²) in [6.45, 7) is -0.445. The van der Waals surface area contributed by atoms with E-state index in [1.54, 1.807) is 0 Å². The number of piperidine rings is 1. The minimum Gasteiger partial charge on any atom is -0.481 e. The molecule has 1 unspecified atom stereocenters. The van der Waals surface area contributed by atoms with Crippen LogP contribution in [0.3, 0.4) is 0 Å². The van der Waals surface area contributed by atoms with Gasteiger partial charge in [-0.05, 0) is 44.6 Å². The molecule has 3 N–H and O–H groups in total. The molecule has 2 fully saturated rings. The van der Waals surface area contributed by atoms with Crippen LogP contribution in [0, 0.1) is 11.7 Å². The van der Waals surface area contributed by atoms with Crippen molar-refractivity contribution >= 4 is 11.8 Å². The number of methoxy groups -OCH3 is 1. The van der Waals surface area contributed by atoms with Gasteiger partial charge in [-0.2, -0.15) is 31.4 Å². The summed E-state index contributed by atoms with van der Waals surface area (Å²) in [5.41, 5.74) is -3.33. The molecule has 9 nitrogen and oxygen atoms in total. The van der Waals surface area contributed by atoms with Gasteiger partial charge in [0.15, 0.2) is 17.1 Å². The van der Waals surface area contributed by atoms with Crippen molar-refractivity contribution in [3.05, 3.63) is 29.8 Å². The molecular formula is C24H26F7N5O4. The van der Waals surface area contributed by atoms with Crippen molar-refractivity contribution < 1.29 is 50.2 Å². The zero-order chi connectivity index (χ0) is 29.5. The third kappa shape index (κ3) is 6.00. The number of rotatable bonds is 5. The number of alkyl halides is 6. The number of nitrogens with one attached hydrogen (secondary N) is 2. The van der Waals surface area contributed by atoms with Crippen molar-refractivity contribution in [2.75, 3.05) is 13.7 Å². The van der Waals surface area contributed by atoms with Gasteiger partial charge in [-0.25, -0.2) is 9.37 Å². The molecule has 40 heavy (non-hydrogen) atoms. The summed E-state index contributed by atoms with van der Waals surface area (Å²) >= 11 is 0. The maximum absolute atomic E-state index is 14.2. The third-order valence-corrected chi connectivity index (χ3v) is 7.43. The first-order valence-electron chi connectivity index (χ1n) is 12.4. The molecule has 2 atom stereocenters. The average Bonchev–Trinajstić information content (AvgIpc) is 3.38. The fraction of sp³-hybridized carbons (Fsp3) is 0.583. The molecule has 1 saturated heterocycles. The van der Waals surface area contributed by atoms with Crippen LogP contribution in [0.5, 0.6) is 5.88 Å². The summed E-state index contributed by atoms with van der Waals surface area (Å²) in [7, 11) is 1.30. The zero-order valence-corrected chi connectivity index (χ0v) is 21.1. The fourth-order valence-electron chi connectivity index (χ4n) is 5.05. The van der Waals surface area contributed by atoms with Gasteiger partial charge in [-0.15, -0.1) is 0 Å². The number of aromatic nitrogens is 3. The average molecular weight is 581 g/mol. The molecule has 0 radical (unpaired) electrons. The topological polar surface area (TPSA) is 120 Å². The predicted molar refractivity (Wildman–Crippen MR) is 123 cm³/mol. The number of amides is 2. The highest BCUT2D eigenvalue weighted by atomic mass is 19.4. The summed E-state index contributed by atoms with van der Waals surface area (Å²) in [5, 5.41) is 18.5. The van der Waals surface area contributed by atoms with Crippen molar-refractivity contribution in [1.29, 1.82) is 0 Å². The number of hydrogen-bond donors (Lipinski definition) is 3. The van der Waals surface area contributed by atoms with E-state index in [2.05, 4.69) is 20.5 Å². The number of halogens is 7. The molecule has 2 amide bonds. The number of H-pyrrole nitrogens is 1. The second-order valence-electron chi connectivity index (χ2n) is 9.96. The number of pyridine rings is 1. The Morgan fingerprint density at radius 2 is 1.82 bits per heavy atom. The molecule has 4 rings (SSSR count). The normalized spacial score (nSPS) is 25.9. The number of hydrogen-bond acceptors (Lipinski definition) is 6. The van der Waals surface area contributed by atoms with Crippen LogP contribution in [-0.4, -0.2) is 80.7 Å². The first kappa shape index (κ1) is 29.6. The maximum Gasteiger partial charge on any atom is 0.417 e. The van der Waals surface area contributed by atoms with Gasteiger partial charge in [0.25, 0.3) is 5.91 Å². The largest absolute Gasteiger partial charge is 0.481 e.